The molecule has 0 aliphatic carbocycles. The molecule has 0 aromatic heterocycles. The Kier molecular flexibility index (Phi) is 4.44. The molecule has 0 aromatic rings. The molecule has 11 heteroatoms. The summed E-state index contributed by atoms with van der Waals surface area (Å²) in [6.45, 7) is -0.941. The highest BCUT2D eigenvalue weighted by molar-refractivity contribution is 7.87. The topological polar surface area (TPSA) is 105 Å². The maximum absolute atomic E-state index is 11.9. The quantitative estimate of drug-likeness (QED) is 0.633. The number of carboxylic acids is 1. The predicted octanol–water partition coefficient (Wildman–Crippen LogP) is -0.538. The summed E-state index contributed by atoms with van der Waals surface area (Å²) < 4.78 is 66.5. The van der Waals surface area contributed by atoms with Crippen LogP contribution in [0.1, 0.15) is 6.92 Å². The van der Waals surface area contributed by atoms with Gasteiger partial charge in [-0.05, 0) is 6.92 Å². The van der Waals surface area contributed by atoms with Crippen molar-refractivity contribution in [3.8, 4) is 0 Å². The molecule has 0 amide bonds. The second kappa shape index (κ2) is 5.23. The number of hydrogen-bond donors (Lipinski definition) is 3. The number of aliphatic carboxylic acids is 1. The third-order valence-corrected chi connectivity index (χ3v) is 3.82. The second-order valence-electron chi connectivity index (χ2n) is 4.35. The van der Waals surface area contributed by atoms with Crippen molar-refractivity contribution in [2.24, 2.45) is 5.41 Å². The van der Waals surface area contributed by atoms with Crippen LogP contribution in [-0.2, 0) is 19.7 Å². The van der Waals surface area contributed by atoms with Gasteiger partial charge in [0.2, 0.25) is 0 Å². The molecule has 1 heterocycles. The maximum atomic E-state index is 11.9. The third-order valence-electron chi connectivity index (χ3n) is 2.70. The molecule has 2 atom stereocenters. The summed E-state index contributed by atoms with van der Waals surface area (Å²) in [5, 5.41) is 8.98. The van der Waals surface area contributed by atoms with Crippen LogP contribution < -0.4 is 9.44 Å². The maximum Gasteiger partial charge on any atom is 0.402 e. The molecular formula is C8H13F3N2O5S. The highest BCUT2D eigenvalue weighted by Gasteiger charge is 2.48. The summed E-state index contributed by atoms with van der Waals surface area (Å²) in [5.41, 5.74) is -1.52. The van der Waals surface area contributed by atoms with Crippen LogP contribution in [0.25, 0.3) is 0 Å². The van der Waals surface area contributed by atoms with E-state index in [1.54, 1.807) is 0 Å². The number of alkyl halides is 3. The van der Waals surface area contributed by atoms with E-state index in [1.807, 2.05) is 4.72 Å². The van der Waals surface area contributed by atoms with Crippen LogP contribution in [0.15, 0.2) is 0 Å². The number of ether oxygens (including phenoxy) is 1. The van der Waals surface area contributed by atoms with Crippen LogP contribution in [0, 0.1) is 5.41 Å². The van der Waals surface area contributed by atoms with Crippen molar-refractivity contribution in [1.29, 1.82) is 0 Å². The molecule has 112 valence electrons. The molecule has 0 spiro atoms. The van der Waals surface area contributed by atoms with E-state index in [4.69, 9.17) is 9.84 Å². The minimum atomic E-state index is -4.70. The first-order chi connectivity index (χ1) is 8.46. The normalized spacial score (nSPS) is 28.5. The standard InChI is InChI=1S/C8H13F3N2O5S/c1-7(6(14)15)4-18-2-5(7)13-19(16,17)12-3-8(9,10)11/h5,12-13H,2-4H2,1H3,(H,14,15). The minimum absolute atomic E-state index is 0.226. The van der Waals surface area contributed by atoms with Gasteiger partial charge in [0, 0.05) is 0 Å². The van der Waals surface area contributed by atoms with Crippen molar-refractivity contribution in [1.82, 2.24) is 9.44 Å². The Balaban J connectivity index is 2.71. The summed E-state index contributed by atoms with van der Waals surface area (Å²) in [4.78, 5) is 11.0. The Hall–Kier alpha value is -0.910. The van der Waals surface area contributed by atoms with E-state index in [0.29, 0.717) is 0 Å². The van der Waals surface area contributed by atoms with Crippen LogP contribution in [0.3, 0.4) is 0 Å². The van der Waals surface area contributed by atoms with Gasteiger partial charge in [0.15, 0.2) is 0 Å². The van der Waals surface area contributed by atoms with Crippen LogP contribution in [0.4, 0.5) is 13.2 Å². The molecular weight excluding hydrogens is 293 g/mol. The Morgan fingerprint density at radius 3 is 2.58 bits per heavy atom. The Morgan fingerprint density at radius 1 is 1.53 bits per heavy atom. The van der Waals surface area contributed by atoms with Crippen molar-refractivity contribution >= 4 is 16.2 Å². The molecule has 2 unspecified atom stereocenters. The number of hydrogen-bond acceptors (Lipinski definition) is 4. The SMILES string of the molecule is CC1(C(=O)O)COCC1NS(=O)(=O)NCC(F)(F)F. The summed E-state index contributed by atoms with van der Waals surface area (Å²) >= 11 is 0. The molecule has 7 nitrogen and oxygen atoms in total. The minimum Gasteiger partial charge on any atom is -0.481 e. The summed E-state index contributed by atoms with van der Waals surface area (Å²) in [6.07, 6.45) is -4.70. The Bertz CT molecular complexity index is 452. The van der Waals surface area contributed by atoms with Gasteiger partial charge in [0.25, 0.3) is 10.2 Å². The predicted molar refractivity (Wildman–Crippen MR) is 56.5 cm³/mol. The number of nitrogens with one attached hydrogen (secondary N) is 2. The number of carboxylic acid groups (broad SMARTS) is 1. The first kappa shape index (κ1) is 16.1. The van der Waals surface area contributed by atoms with Crippen molar-refractivity contribution < 1.29 is 36.2 Å². The van der Waals surface area contributed by atoms with Gasteiger partial charge in [-0.1, -0.05) is 0 Å². The van der Waals surface area contributed by atoms with E-state index in [9.17, 15) is 26.4 Å². The molecule has 1 aliphatic heterocycles. The third kappa shape index (κ3) is 4.30. The molecule has 0 radical (unpaired) electrons. The van der Waals surface area contributed by atoms with E-state index < -0.39 is 40.4 Å². The smallest absolute Gasteiger partial charge is 0.402 e. The molecule has 0 bridgehead atoms. The lowest BCUT2D eigenvalue weighted by Crippen LogP contribution is -2.53. The van der Waals surface area contributed by atoms with Gasteiger partial charge < -0.3 is 9.84 Å². The molecule has 1 fully saturated rings. The van der Waals surface area contributed by atoms with Gasteiger partial charge >= 0.3 is 12.1 Å². The van der Waals surface area contributed by atoms with Crippen LogP contribution in [0.2, 0.25) is 0 Å². The van der Waals surface area contributed by atoms with Gasteiger partial charge in [-0.2, -0.15) is 31.0 Å². The fraction of sp³-hybridized carbons (Fsp3) is 0.875. The monoisotopic (exact) mass is 306 g/mol. The number of carbonyl (C=O) groups is 1. The molecule has 0 aromatic carbocycles. The summed E-state index contributed by atoms with van der Waals surface area (Å²) in [5.74, 6) is -1.30. The van der Waals surface area contributed by atoms with E-state index in [-0.39, 0.29) is 13.2 Å². The van der Waals surface area contributed by atoms with Crippen molar-refractivity contribution in [3.05, 3.63) is 0 Å². The molecule has 1 rings (SSSR count). The van der Waals surface area contributed by atoms with Crippen LogP contribution in [-0.4, -0.2) is 51.5 Å². The lowest BCUT2D eigenvalue weighted by Gasteiger charge is -2.25. The first-order valence-corrected chi connectivity index (χ1v) is 6.59. The van der Waals surface area contributed by atoms with Gasteiger partial charge in [-0.25, -0.2) is 0 Å². The molecule has 19 heavy (non-hydrogen) atoms. The highest BCUT2D eigenvalue weighted by atomic mass is 32.2. The van der Waals surface area contributed by atoms with E-state index >= 15 is 0 Å². The largest absolute Gasteiger partial charge is 0.481 e. The van der Waals surface area contributed by atoms with E-state index in [0.717, 1.165) is 0 Å². The lowest BCUT2D eigenvalue weighted by atomic mass is 9.86. The average Bonchev–Trinajstić information content (AvgIpc) is 2.58. The fourth-order valence-corrected chi connectivity index (χ4v) is 2.59. The van der Waals surface area contributed by atoms with Crippen LogP contribution in [0.5, 0.6) is 0 Å². The molecule has 1 saturated heterocycles. The number of rotatable bonds is 5. The Labute approximate surface area is 107 Å². The van der Waals surface area contributed by atoms with Gasteiger partial charge in [-0.15, -0.1) is 0 Å². The Morgan fingerprint density at radius 2 is 2.11 bits per heavy atom. The van der Waals surface area contributed by atoms with Crippen molar-refractivity contribution in [2.75, 3.05) is 19.8 Å². The lowest BCUT2D eigenvalue weighted by molar-refractivity contribution is -0.148. The highest BCUT2D eigenvalue weighted by Crippen LogP contribution is 2.29. The van der Waals surface area contributed by atoms with Crippen molar-refractivity contribution in [3.63, 3.8) is 0 Å². The van der Waals surface area contributed by atoms with Gasteiger partial charge in [0.05, 0.1) is 19.3 Å². The zero-order valence-corrected chi connectivity index (χ0v) is 10.6. The summed E-state index contributed by atoms with van der Waals surface area (Å²) in [6, 6.07) is -1.14. The molecule has 3 N–H and O–H groups in total. The second-order valence-corrected chi connectivity index (χ2v) is 5.88. The van der Waals surface area contributed by atoms with Gasteiger partial charge in [0.1, 0.15) is 12.0 Å². The zero-order valence-electron chi connectivity index (χ0n) is 9.82. The molecule has 0 saturated carbocycles. The summed E-state index contributed by atoms with van der Waals surface area (Å²) in [7, 11) is -4.47. The van der Waals surface area contributed by atoms with Crippen LogP contribution >= 0.6 is 0 Å². The molecule has 1 aliphatic rings. The van der Waals surface area contributed by atoms with E-state index in [1.165, 1.54) is 11.6 Å². The van der Waals surface area contributed by atoms with Gasteiger partial charge in [-0.3, -0.25) is 4.79 Å². The fourth-order valence-electron chi connectivity index (χ4n) is 1.45. The van der Waals surface area contributed by atoms with Crippen molar-refractivity contribution in [2.45, 2.75) is 19.1 Å². The average molecular weight is 306 g/mol. The number of halogens is 3. The zero-order chi connectivity index (χ0) is 14.9. The van der Waals surface area contributed by atoms with E-state index in [2.05, 4.69) is 0 Å². The first-order valence-electron chi connectivity index (χ1n) is 5.11.